The second-order valence-electron chi connectivity index (χ2n) is 6.38. The number of nitrogens with one attached hydrogen (secondary N) is 1. The highest BCUT2D eigenvalue weighted by molar-refractivity contribution is 7.11. The molecule has 2 amide bonds. The number of imide groups is 1. The van der Waals surface area contributed by atoms with Crippen molar-refractivity contribution in [3.8, 4) is 0 Å². The average molecular weight is 464 g/mol. The maximum atomic E-state index is 13.3. The highest BCUT2D eigenvalue weighted by atomic mass is 35.5. The Morgan fingerprint density at radius 3 is 2.24 bits per heavy atom. The molecule has 1 aliphatic heterocycles. The second kappa shape index (κ2) is 7.84. The van der Waals surface area contributed by atoms with E-state index in [9.17, 15) is 9.59 Å². The van der Waals surface area contributed by atoms with Crippen LogP contribution in [0.4, 0.5) is 11.4 Å². The summed E-state index contributed by atoms with van der Waals surface area (Å²) in [5.41, 5.74) is 2.34. The monoisotopic (exact) mass is 462 g/mol. The van der Waals surface area contributed by atoms with Crippen LogP contribution in [0, 0.1) is 6.92 Å². The van der Waals surface area contributed by atoms with Gasteiger partial charge in [0.1, 0.15) is 5.70 Å². The van der Waals surface area contributed by atoms with Crippen LogP contribution in [0.25, 0.3) is 5.57 Å². The number of amides is 2. The van der Waals surface area contributed by atoms with Crippen molar-refractivity contribution in [1.82, 2.24) is 0 Å². The summed E-state index contributed by atoms with van der Waals surface area (Å²) < 4.78 is 0. The lowest BCUT2D eigenvalue weighted by Crippen LogP contribution is -2.32. The SMILES string of the molecule is Cc1cc(Cl)ccc1NC1=C(c2cccs2)C(=O)N(c2cc(Cl)cc(Cl)c2)C1=O. The second-order valence-corrected chi connectivity index (χ2v) is 8.64. The molecule has 0 unspecified atom stereocenters. The van der Waals surface area contributed by atoms with Gasteiger partial charge < -0.3 is 5.32 Å². The van der Waals surface area contributed by atoms with Gasteiger partial charge in [0.15, 0.2) is 0 Å². The lowest BCUT2D eigenvalue weighted by Gasteiger charge is -2.16. The van der Waals surface area contributed by atoms with Gasteiger partial charge in [-0.3, -0.25) is 9.59 Å². The van der Waals surface area contributed by atoms with Gasteiger partial charge in [0.25, 0.3) is 11.8 Å². The lowest BCUT2D eigenvalue weighted by molar-refractivity contribution is -0.120. The lowest BCUT2D eigenvalue weighted by atomic mass is 10.1. The fourth-order valence-corrected chi connectivity index (χ4v) is 4.61. The molecule has 1 aliphatic rings. The molecule has 0 atom stereocenters. The first-order valence-corrected chi connectivity index (χ1v) is 10.5. The molecule has 0 aliphatic carbocycles. The van der Waals surface area contributed by atoms with E-state index in [1.54, 1.807) is 30.3 Å². The van der Waals surface area contributed by atoms with Gasteiger partial charge >= 0.3 is 0 Å². The Hall–Kier alpha value is -2.31. The molecular formula is C21H13Cl3N2O2S. The highest BCUT2D eigenvalue weighted by Crippen LogP contribution is 2.37. The van der Waals surface area contributed by atoms with Crippen LogP contribution in [0.5, 0.6) is 0 Å². The summed E-state index contributed by atoms with van der Waals surface area (Å²) in [6.45, 7) is 1.87. The van der Waals surface area contributed by atoms with E-state index >= 15 is 0 Å². The third-order valence-corrected chi connectivity index (χ3v) is 5.96. The van der Waals surface area contributed by atoms with Crippen molar-refractivity contribution in [2.24, 2.45) is 0 Å². The standard InChI is InChI=1S/C21H13Cl3N2O2S/c1-11-7-12(22)4-5-16(11)25-19-18(17-3-2-6-29-17)20(27)26(21(19)28)15-9-13(23)8-14(24)10-15/h2-10,25H,1H3. The van der Waals surface area contributed by atoms with Crippen LogP contribution in [0.15, 0.2) is 59.6 Å². The Balaban J connectivity index is 1.82. The van der Waals surface area contributed by atoms with E-state index in [0.29, 0.717) is 36.9 Å². The number of halogens is 3. The van der Waals surface area contributed by atoms with Crippen molar-refractivity contribution in [2.75, 3.05) is 10.2 Å². The minimum Gasteiger partial charge on any atom is -0.350 e. The average Bonchev–Trinajstić information content (AvgIpc) is 3.23. The van der Waals surface area contributed by atoms with E-state index in [1.807, 2.05) is 18.4 Å². The zero-order chi connectivity index (χ0) is 20.7. The third kappa shape index (κ3) is 3.79. The Kier molecular flexibility index (Phi) is 5.40. The van der Waals surface area contributed by atoms with Crippen LogP contribution < -0.4 is 10.2 Å². The number of carbonyl (C=O) groups excluding carboxylic acids is 2. The summed E-state index contributed by atoms with van der Waals surface area (Å²) in [7, 11) is 0. The number of thiophene rings is 1. The molecule has 8 heteroatoms. The van der Waals surface area contributed by atoms with Crippen LogP contribution >= 0.6 is 46.1 Å². The number of carbonyl (C=O) groups is 2. The van der Waals surface area contributed by atoms with Crippen molar-refractivity contribution >= 4 is 74.9 Å². The molecule has 4 nitrogen and oxygen atoms in total. The largest absolute Gasteiger partial charge is 0.350 e. The summed E-state index contributed by atoms with van der Waals surface area (Å²) in [4.78, 5) is 28.4. The number of hydrogen-bond donors (Lipinski definition) is 1. The van der Waals surface area contributed by atoms with Gasteiger partial charge in [0.05, 0.1) is 11.3 Å². The fraction of sp³-hybridized carbons (Fsp3) is 0.0476. The Morgan fingerprint density at radius 2 is 1.62 bits per heavy atom. The number of aryl methyl sites for hydroxylation is 1. The van der Waals surface area contributed by atoms with Crippen LogP contribution in [-0.2, 0) is 9.59 Å². The normalized spacial score (nSPS) is 14.1. The zero-order valence-electron chi connectivity index (χ0n) is 15.0. The molecular weight excluding hydrogens is 451 g/mol. The third-order valence-electron chi connectivity index (χ3n) is 4.41. The Morgan fingerprint density at radius 1 is 0.897 bits per heavy atom. The van der Waals surface area contributed by atoms with Gasteiger partial charge in [-0.05, 0) is 60.3 Å². The van der Waals surface area contributed by atoms with E-state index in [2.05, 4.69) is 5.32 Å². The molecule has 0 spiro atoms. The maximum absolute atomic E-state index is 13.3. The Labute approximate surface area is 186 Å². The molecule has 1 N–H and O–H groups in total. The number of benzene rings is 2. The molecule has 4 rings (SSSR count). The zero-order valence-corrected chi connectivity index (χ0v) is 18.1. The topological polar surface area (TPSA) is 49.4 Å². The quantitative estimate of drug-likeness (QED) is 0.455. The van der Waals surface area contributed by atoms with E-state index in [0.717, 1.165) is 10.5 Å². The van der Waals surface area contributed by atoms with Crippen LogP contribution in [-0.4, -0.2) is 11.8 Å². The molecule has 2 aromatic carbocycles. The summed E-state index contributed by atoms with van der Waals surface area (Å²) in [5, 5.41) is 6.24. The molecule has 0 fully saturated rings. The predicted octanol–water partition coefficient (Wildman–Crippen LogP) is 6.41. The van der Waals surface area contributed by atoms with Gasteiger partial charge in [-0.2, -0.15) is 0 Å². The number of hydrogen-bond acceptors (Lipinski definition) is 4. The predicted molar refractivity (Wildman–Crippen MR) is 120 cm³/mol. The number of anilines is 2. The molecule has 0 saturated carbocycles. The van der Waals surface area contributed by atoms with Crippen molar-refractivity contribution in [3.63, 3.8) is 0 Å². The van der Waals surface area contributed by atoms with Gasteiger partial charge in [0.2, 0.25) is 0 Å². The van der Waals surface area contributed by atoms with Crippen molar-refractivity contribution in [2.45, 2.75) is 6.92 Å². The fourth-order valence-electron chi connectivity index (χ4n) is 3.10. The molecule has 29 heavy (non-hydrogen) atoms. The van der Waals surface area contributed by atoms with E-state index < -0.39 is 11.8 Å². The molecule has 1 aromatic heterocycles. The molecule has 2 heterocycles. The first-order valence-electron chi connectivity index (χ1n) is 8.51. The first kappa shape index (κ1) is 20.0. The first-order chi connectivity index (χ1) is 13.8. The Bertz CT molecular complexity index is 1150. The van der Waals surface area contributed by atoms with E-state index in [-0.39, 0.29) is 5.70 Å². The number of rotatable bonds is 4. The van der Waals surface area contributed by atoms with E-state index in [1.165, 1.54) is 23.5 Å². The van der Waals surface area contributed by atoms with E-state index in [4.69, 9.17) is 34.8 Å². The van der Waals surface area contributed by atoms with Gasteiger partial charge in [-0.25, -0.2) is 4.90 Å². The summed E-state index contributed by atoms with van der Waals surface area (Å²) in [6.07, 6.45) is 0. The molecule has 0 radical (unpaired) electrons. The van der Waals surface area contributed by atoms with Gasteiger partial charge in [-0.1, -0.05) is 40.9 Å². The van der Waals surface area contributed by atoms with Crippen molar-refractivity contribution in [3.05, 3.63) is 85.1 Å². The highest BCUT2D eigenvalue weighted by Gasteiger charge is 2.41. The molecule has 0 saturated heterocycles. The molecule has 146 valence electrons. The maximum Gasteiger partial charge on any atom is 0.282 e. The summed E-state index contributed by atoms with van der Waals surface area (Å²) in [6, 6.07) is 13.5. The van der Waals surface area contributed by atoms with Crippen LogP contribution in [0.3, 0.4) is 0 Å². The van der Waals surface area contributed by atoms with Gasteiger partial charge in [-0.15, -0.1) is 11.3 Å². The van der Waals surface area contributed by atoms with Crippen LogP contribution in [0.1, 0.15) is 10.4 Å². The van der Waals surface area contributed by atoms with Gasteiger partial charge in [0, 0.05) is 25.6 Å². The van der Waals surface area contributed by atoms with Crippen molar-refractivity contribution in [1.29, 1.82) is 0 Å². The summed E-state index contributed by atoms with van der Waals surface area (Å²) >= 11 is 19.6. The molecule has 3 aromatic rings. The smallest absolute Gasteiger partial charge is 0.282 e. The van der Waals surface area contributed by atoms with Crippen LogP contribution in [0.2, 0.25) is 15.1 Å². The summed E-state index contributed by atoms with van der Waals surface area (Å²) in [5.74, 6) is -0.920. The molecule has 0 bridgehead atoms. The minimum atomic E-state index is -0.480. The number of nitrogens with zero attached hydrogens (tertiary/aromatic N) is 1. The van der Waals surface area contributed by atoms with Crippen molar-refractivity contribution < 1.29 is 9.59 Å². The minimum absolute atomic E-state index is 0.193.